The average molecular weight is 221 g/mol. The molecular formula is C12H19N3O. The van der Waals surface area contributed by atoms with Gasteiger partial charge < -0.3 is 14.6 Å². The largest absolute Gasteiger partial charge is 0.381 e. The zero-order valence-electron chi connectivity index (χ0n) is 9.78. The van der Waals surface area contributed by atoms with Crippen molar-refractivity contribution in [1.29, 1.82) is 0 Å². The molecule has 0 saturated carbocycles. The van der Waals surface area contributed by atoms with Crippen LogP contribution in [0.2, 0.25) is 0 Å². The molecule has 0 radical (unpaired) electrons. The van der Waals surface area contributed by atoms with Crippen LogP contribution >= 0.6 is 0 Å². The number of hydrogen-bond acceptors (Lipinski definition) is 3. The summed E-state index contributed by atoms with van der Waals surface area (Å²) in [5.74, 6) is 0.655. The van der Waals surface area contributed by atoms with Crippen molar-refractivity contribution in [2.75, 3.05) is 26.3 Å². The van der Waals surface area contributed by atoms with Gasteiger partial charge >= 0.3 is 0 Å². The molecule has 1 aromatic heterocycles. The lowest BCUT2D eigenvalue weighted by molar-refractivity contribution is 0.0276. The van der Waals surface area contributed by atoms with E-state index in [-0.39, 0.29) is 5.54 Å². The average Bonchev–Trinajstić information content (AvgIpc) is 2.66. The first-order valence-electron chi connectivity index (χ1n) is 6.11. The summed E-state index contributed by atoms with van der Waals surface area (Å²) in [6, 6.07) is 0. The molecule has 88 valence electrons. The van der Waals surface area contributed by atoms with E-state index in [0.29, 0.717) is 5.92 Å². The highest BCUT2D eigenvalue weighted by atomic mass is 16.5. The Hall–Kier alpha value is -0.870. The van der Waals surface area contributed by atoms with Crippen molar-refractivity contribution in [2.45, 2.75) is 31.2 Å². The number of nitrogens with one attached hydrogen (secondary N) is 1. The molecule has 0 aliphatic carbocycles. The zero-order valence-corrected chi connectivity index (χ0v) is 9.78. The maximum absolute atomic E-state index is 5.46. The lowest BCUT2D eigenvalue weighted by Crippen LogP contribution is -2.44. The van der Waals surface area contributed by atoms with Crippen molar-refractivity contribution in [3.8, 4) is 0 Å². The third-order valence-corrected chi connectivity index (χ3v) is 4.02. The van der Waals surface area contributed by atoms with Crippen LogP contribution in [-0.2, 0) is 10.3 Å². The van der Waals surface area contributed by atoms with Crippen LogP contribution in [0.1, 0.15) is 31.4 Å². The molecule has 2 fully saturated rings. The Morgan fingerprint density at radius 2 is 2.19 bits per heavy atom. The van der Waals surface area contributed by atoms with E-state index in [1.165, 1.54) is 5.69 Å². The highest BCUT2D eigenvalue weighted by Crippen LogP contribution is 2.32. The third-order valence-electron chi connectivity index (χ3n) is 4.02. The molecule has 1 N–H and O–H groups in total. The summed E-state index contributed by atoms with van der Waals surface area (Å²) in [5.41, 5.74) is 1.60. The molecule has 1 aromatic rings. The molecule has 0 bridgehead atoms. The Balaban J connectivity index is 1.89. The smallest absolute Gasteiger partial charge is 0.0953 e. The fourth-order valence-electron chi connectivity index (χ4n) is 2.61. The van der Waals surface area contributed by atoms with Crippen molar-refractivity contribution >= 4 is 0 Å². The second kappa shape index (κ2) is 3.86. The summed E-state index contributed by atoms with van der Waals surface area (Å²) in [4.78, 5) is 4.34. The predicted octanol–water partition coefficient (Wildman–Crippen LogP) is 1.10. The van der Waals surface area contributed by atoms with E-state index in [1.54, 1.807) is 0 Å². The monoisotopic (exact) mass is 221 g/mol. The number of aromatic nitrogens is 2. The molecular weight excluding hydrogens is 202 g/mol. The second-order valence-corrected chi connectivity index (χ2v) is 5.15. The first kappa shape index (κ1) is 10.3. The molecule has 0 atom stereocenters. The molecule has 3 rings (SSSR count). The molecule has 0 aromatic carbocycles. The quantitative estimate of drug-likeness (QED) is 0.812. The topological polar surface area (TPSA) is 39.1 Å². The summed E-state index contributed by atoms with van der Waals surface area (Å²) >= 11 is 0. The first-order valence-corrected chi connectivity index (χ1v) is 6.11. The van der Waals surface area contributed by atoms with Crippen molar-refractivity contribution in [3.63, 3.8) is 0 Å². The summed E-state index contributed by atoms with van der Waals surface area (Å²) in [6.07, 6.45) is 6.22. The van der Waals surface area contributed by atoms with Gasteiger partial charge in [0.2, 0.25) is 0 Å². The minimum Gasteiger partial charge on any atom is -0.381 e. The first-order chi connectivity index (χ1) is 7.80. The molecule has 16 heavy (non-hydrogen) atoms. The van der Waals surface area contributed by atoms with E-state index in [0.717, 1.165) is 39.1 Å². The van der Waals surface area contributed by atoms with Crippen LogP contribution in [0.25, 0.3) is 0 Å². The number of imidazole rings is 1. The van der Waals surface area contributed by atoms with Gasteiger partial charge in [-0.2, -0.15) is 0 Å². The molecule has 0 spiro atoms. The van der Waals surface area contributed by atoms with E-state index < -0.39 is 0 Å². The van der Waals surface area contributed by atoms with Gasteiger partial charge in [-0.25, -0.2) is 4.98 Å². The van der Waals surface area contributed by atoms with Crippen LogP contribution in [0.5, 0.6) is 0 Å². The van der Waals surface area contributed by atoms with Crippen molar-refractivity contribution in [1.82, 2.24) is 14.9 Å². The van der Waals surface area contributed by atoms with Crippen LogP contribution in [0.3, 0.4) is 0 Å². The molecule has 2 aliphatic rings. The van der Waals surface area contributed by atoms with Gasteiger partial charge in [-0.15, -0.1) is 0 Å². The van der Waals surface area contributed by atoms with Gasteiger partial charge in [-0.1, -0.05) is 0 Å². The maximum Gasteiger partial charge on any atom is 0.0953 e. The summed E-state index contributed by atoms with van der Waals surface area (Å²) in [5, 5.41) is 3.33. The molecule has 0 amide bonds. The Bertz CT molecular complexity index is 364. The van der Waals surface area contributed by atoms with Gasteiger partial charge in [0.25, 0.3) is 0 Å². The van der Waals surface area contributed by atoms with E-state index >= 15 is 0 Å². The normalized spacial score (nSPS) is 25.3. The van der Waals surface area contributed by atoms with Gasteiger partial charge in [0.15, 0.2) is 0 Å². The molecule has 2 aliphatic heterocycles. The molecule has 3 heterocycles. The second-order valence-electron chi connectivity index (χ2n) is 5.15. The third kappa shape index (κ3) is 1.57. The molecule has 0 unspecified atom stereocenters. The molecule has 2 saturated heterocycles. The summed E-state index contributed by atoms with van der Waals surface area (Å²) in [7, 11) is 0. The van der Waals surface area contributed by atoms with E-state index in [1.807, 2.05) is 12.5 Å². The van der Waals surface area contributed by atoms with Crippen molar-refractivity contribution in [3.05, 3.63) is 18.2 Å². The van der Waals surface area contributed by atoms with Gasteiger partial charge in [-0.3, -0.25) is 0 Å². The minimum atomic E-state index is 0.208. The minimum absolute atomic E-state index is 0.208. The van der Waals surface area contributed by atoms with Crippen molar-refractivity contribution in [2.24, 2.45) is 0 Å². The summed E-state index contributed by atoms with van der Waals surface area (Å²) in [6.45, 7) is 6.26. The Morgan fingerprint density at radius 3 is 2.81 bits per heavy atom. The highest BCUT2D eigenvalue weighted by Gasteiger charge is 2.33. The Morgan fingerprint density at radius 1 is 1.44 bits per heavy atom. The SMILES string of the molecule is CC1(n2cncc2C2CNC2)CCOCC1. The van der Waals surface area contributed by atoms with Crippen LogP contribution in [-0.4, -0.2) is 35.9 Å². The Kier molecular flexibility index (Phi) is 2.48. The standard InChI is InChI=1S/C12H19N3O/c1-12(2-4-16-5-3-12)15-9-14-8-11(15)10-6-13-7-10/h8-10,13H,2-7H2,1H3. The van der Waals surface area contributed by atoms with Gasteiger partial charge in [0.05, 0.1) is 6.33 Å². The highest BCUT2D eigenvalue weighted by molar-refractivity contribution is 5.14. The lowest BCUT2D eigenvalue weighted by Gasteiger charge is -2.39. The fraction of sp³-hybridized carbons (Fsp3) is 0.750. The number of nitrogens with zero attached hydrogens (tertiary/aromatic N) is 2. The number of hydrogen-bond donors (Lipinski definition) is 1. The number of rotatable bonds is 2. The van der Waals surface area contributed by atoms with Crippen LogP contribution in [0.4, 0.5) is 0 Å². The van der Waals surface area contributed by atoms with E-state index in [2.05, 4.69) is 21.8 Å². The number of ether oxygens (including phenoxy) is 1. The predicted molar refractivity (Wildman–Crippen MR) is 61.5 cm³/mol. The van der Waals surface area contributed by atoms with E-state index in [4.69, 9.17) is 4.74 Å². The van der Waals surface area contributed by atoms with E-state index in [9.17, 15) is 0 Å². The Labute approximate surface area is 96.0 Å². The maximum atomic E-state index is 5.46. The molecule has 4 heteroatoms. The fourth-order valence-corrected chi connectivity index (χ4v) is 2.61. The van der Waals surface area contributed by atoms with Gasteiger partial charge in [0.1, 0.15) is 0 Å². The van der Waals surface area contributed by atoms with Crippen LogP contribution < -0.4 is 5.32 Å². The van der Waals surface area contributed by atoms with Gasteiger partial charge in [0, 0.05) is 49.7 Å². The van der Waals surface area contributed by atoms with Crippen molar-refractivity contribution < 1.29 is 4.74 Å². The van der Waals surface area contributed by atoms with Crippen LogP contribution in [0, 0.1) is 0 Å². The lowest BCUT2D eigenvalue weighted by atomic mass is 9.90. The zero-order chi connectivity index (χ0) is 11.0. The van der Waals surface area contributed by atoms with Gasteiger partial charge in [-0.05, 0) is 19.8 Å². The molecule has 4 nitrogen and oxygen atoms in total. The van der Waals surface area contributed by atoms with Crippen LogP contribution in [0.15, 0.2) is 12.5 Å². The summed E-state index contributed by atoms with van der Waals surface area (Å²) < 4.78 is 7.85.